The van der Waals surface area contributed by atoms with Gasteiger partial charge >= 0.3 is 0 Å². The van der Waals surface area contributed by atoms with E-state index in [2.05, 4.69) is 0 Å². The minimum atomic E-state index is -0.523. The van der Waals surface area contributed by atoms with Crippen LogP contribution in [-0.2, 0) is 9.59 Å². The highest BCUT2D eigenvalue weighted by Crippen LogP contribution is 2.05. The van der Waals surface area contributed by atoms with Crippen LogP contribution in [-0.4, -0.2) is 53.1 Å². The van der Waals surface area contributed by atoms with Crippen LogP contribution in [0.25, 0.3) is 0 Å². The maximum Gasteiger partial charge on any atom is 0.250 e. The molecule has 0 radical (unpaired) electrons. The van der Waals surface area contributed by atoms with Crippen molar-refractivity contribution in [3.8, 4) is 0 Å². The first kappa shape index (κ1) is 8.99. The summed E-state index contributed by atoms with van der Waals surface area (Å²) in [6.45, 7) is 2.35. The van der Waals surface area contributed by atoms with Crippen LogP contribution in [0.5, 0.6) is 0 Å². The second kappa shape index (κ2) is 3.53. The van der Waals surface area contributed by atoms with Gasteiger partial charge in [0, 0.05) is 6.54 Å². The van der Waals surface area contributed by atoms with E-state index in [1.165, 1.54) is 4.90 Å². The highest BCUT2D eigenvalue weighted by Gasteiger charge is 2.28. The largest absolute Gasteiger partial charge is 0.387 e. The van der Waals surface area contributed by atoms with Crippen molar-refractivity contribution in [2.45, 2.75) is 6.92 Å². The molecule has 0 atom stereocenters. The van der Waals surface area contributed by atoms with Gasteiger partial charge in [0.25, 0.3) is 0 Å². The Hall–Kier alpha value is -1.10. The Bertz CT molecular complexity index is 203. The molecule has 0 spiro atoms. The summed E-state index contributed by atoms with van der Waals surface area (Å²) < 4.78 is 0. The summed E-state index contributed by atoms with van der Waals surface area (Å²) in [4.78, 5) is 24.9. The zero-order valence-corrected chi connectivity index (χ0v) is 6.99. The number of aliphatic hydroxyl groups excluding tert-OH is 1. The van der Waals surface area contributed by atoms with E-state index in [0.717, 1.165) is 0 Å². The standard InChI is InChI=1S/C7H12N2O3/c1-2-8-5-9(3-6(8)11)7(12)4-10/h10H,2-5H2,1H3. The van der Waals surface area contributed by atoms with E-state index < -0.39 is 6.61 Å². The lowest BCUT2D eigenvalue weighted by atomic mass is 10.5. The van der Waals surface area contributed by atoms with E-state index in [4.69, 9.17) is 5.11 Å². The van der Waals surface area contributed by atoms with Crippen molar-refractivity contribution >= 4 is 11.8 Å². The van der Waals surface area contributed by atoms with Gasteiger partial charge in [0.05, 0.1) is 6.67 Å². The van der Waals surface area contributed by atoms with Crippen molar-refractivity contribution in [1.29, 1.82) is 0 Å². The number of likely N-dealkylation sites (N-methyl/N-ethyl adjacent to an activating group) is 1. The number of hydrogen-bond donors (Lipinski definition) is 1. The SMILES string of the molecule is CCN1CN(C(=O)CO)CC1=O. The number of carbonyl (C=O) groups excluding carboxylic acids is 2. The van der Waals surface area contributed by atoms with Gasteiger partial charge in [-0.3, -0.25) is 9.59 Å². The second-order valence-electron chi connectivity index (χ2n) is 2.64. The highest BCUT2D eigenvalue weighted by molar-refractivity contribution is 5.88. The Morgan fingerprint density at radius 1 is 1.67 bits per heavy atom. The van der Waals surface area contributed by atoms with Gasteiger partial charge in [0.15, 0.2) is 0 Å². The van der Waals surface area contributed by atoms with Gasteiger partial charge < -0.3 is 14.9 Å². The predicted octanol–water partition coefficient (Wildman–Crippen LogP) is -1.37. The Balaban J connectivity index is 2.54. The van der Waals surface area contributed by atoms with E-state index in [1.807, 2.05) is 6.92 Å². The number of hydrogen-bond acceptors (Lipinski definition) is 3. The molecule has 0 saturated carbocycles. The number of amides is 2. The third-order valence-corrected chi connectivity index (χ3v) is 1.89. The summed E-state index contributed by atoms with van der Waals surface area (Å²) in [6.07, 6.45) is 0. The molecule has 0 aliphatic carbocycles. The van der Waals surface area contributed by atoms with Crippen LogP contribution in [0.15, 0.2) is 0 Å². The zero-order valence-electron chi connectivity index (χ0n) is 6.99. The van der Waals surface area contributed by atoms with E-state index in [-0.39, 0.29) is 18.4 Å². The van der Waals surface area contributed by atoms with Crippen LogP contribution in [0.2, 0.25) is 0 Å². The van der Waals surface area contributed by atoms with Crippen LogP contribution in [0.1, 0.15) is 6.92 Å². The summed E-state index contributed by atoms with van der Waals surface area (Å²) in [5.74, 6) is -0.446. The molecule has 0 aromatic carbocycles. The van der Waals surface area contributed by atoms with Crippen molar-refractivity contribution in [3.05, 3.63) is 0 Å². The van der Waals surface area contributed by atoms with Crippen LogP contribution in [0.3, 0.4) is 0 Å². The molecule has 12 heavy (non-hydrogen) atoms. The molecule has 1 aliphatic rings. The molecule has 1 aliphatic heterocycles. The lowest BCUT2D eigenvalue weighted by Crippen LogP contribution is -2.32. The molecule has 1 N–H and O–H groups in total. The second-order valence-corrected chi connectivity index (χ2v) is 2.64. The molecule has 5 nitrogen and oxygen atoms in total. The summed E-state index contributed by atoms with van der Waals surface area (Å²) >= 11 is 0. The third-order valence-electron chi connectivity index (χ3n) is 1.89. The Morgan fingerprint density at radius 3 is 2.75 bits per heavy atom. The zero-order chi connectivity index (χ0) is 9.14. The van der Waals surface area contributed by atoms with Crippen molar-refractivity contribution in [2.75, 3.05) is 26.4 Å². The minimum Gasteiger partial charge on any atom is -0.387 e. The summed E-state index contributed by atoms with van der Waals surface area (Å²) in [6, 6.07) is 0. The molecule has 0 aromatic heterocycles. The summed E-state index contributed by atoms with van der Waals surface area (Å²) in [7, 11) is 0. The van der Waals surface area contributed by atoms with Gasteiger partial charge in [-0.1, -0.05) is 0 Å². The number of nitrogens with zero attached hydrogens (tertiary/aromatic N) is 2. The van der Waals surface area contributed by atoms with Crippen molar-refractivity contribution < 1.29 is 14.7 Å². The normalized spacial score (nSPS) is 17.3. The molecular weight excluding hydrogens is 160 g/mol. The van der Waals surface area contributed by atoms with Crippen molar-refractivity contribution in [1.82, 2.24) is 9.80 Å². The minimum absolute atomic E-state index is 0.0562. The summed E-state index contributed by atoms with van der Waals surface area (Å²) in [5.41, 5.74) is 0. The lowest BCUT2D eigenvalue weighted by Gasteiger charge is -2.14. The molecule has 1 heterocycles. The quantitative estimate of drug-likeness (QED) is 0.559. The van der Waals surface area contributed by atoms with E-state index >= 15 is 0 Å². The average Bonchev–Trinajstić information content (AvgIpc) is 2.45. The van der Waals surface area contributed by atoms with Crippen molar-refractivity contribution in [2.24, 2.45) is 0 Å². The highest BCUT2D eigenvalue weighted by atomic mass is 16.3. The number of carbonyl (C=O) groups is 2. The number of aliphatic hydroxyl groups is 1. The third kappa shape index (κ3) is 1.55. The lowest BCUT2D eigenvalue weighted by molar-refractivity contribution is -0.134. The molecule has 5 heteroatoms. The topological polar surface area (TPSA) is 60.9 Å². The maximum absolute atomic E-state index is 11.1. The van der Waals surface area contributed by atoms with Crippen LogP contribution in [0.4, 0.5) is 0 Å². The van der Waals surface area contributed by atoms with Gasteiger partial charge in [0.1, 0.15) is 13.2 Å². The molecule has 2 amide bonds. The fourth-order valence-electron chi connectivity index (χ4n) is 1.14. The van der Waals surface area contributed by atoms with Gasteiger partial charge in [-0.25, -0.2) is 0 Å². The Labute approximate surface area is 70.6 Å². The monoisotopic (exact) mass is 172 g/mol. The van der Waals surface area contributed by atoms with Gasteiger partial charge in [0.2, 0.25) is 11.8 Å². The molecule has 0 aromatic rings. The van der Waals surface area contributed by atoms with Gasteiger partial charge in [-0.2, -0.15) is 0 Å². The molecule has 1 saturated heterocycles. The Kier molecular flexibility index (Phi) is 2.65. The molecule has 1 fully saturated rings. The predicted molar refractivity (Wildman–Crippen MR) is 41.1 cm³/mol. The fraction of sp³-hybridized carbons (Fsp3) is 0.714. The van der Waals surface area contributed by atoms with Crippen molar-refractivity contribution in [3.63, 3.8) is 0 Å². The molecule has 1 rings (SSSR count). The van der Waals surface area contributed by atoms with E-state index in [1.54, 1.807) is 4.90 Å². The van der Waals surface area contributed by atoms with E-state index in [9.17, 15) is 9.59 Å². The molecule has 0 bridgehead atoms. The van der Waals surface area contributed by atoms with Crippen LogP contribution < -0.4 is 0 Å². The first-order valence-corrected chi connectivity index (χ1v) is 3.85. The Morgan fingerprint density at radius 2 is 2.33 bits per heavy atom. The molecule has 68 valence electrons. The van der Waals surface area contributed by atoms with Gasteiger partial charge in [-0.15, -0.1) is 0 Å². The van der Waals surface area contributed by atoms with E-state index in [0.29, 0.717) is 13.2 Å². The molecular formula is C7H12N2O3. The smallest absolute Gasteiger partial charge is 0.250 e. The first-order valence-electron chi connectivity index (χ1n) is 3.85. The first-order chi connectivity index (χ1) is 5.69. The maximum atomic E-state index is 11.1. The average molecular weight is 172 g/mol. The van der Waals surface area contributed by atoms with Gasteiger partial charge in [-0.05, 0) is 6.92 Å². The van der Waals surface area contributed by atoms with Crippen LogP contribution in [0, 0.1) is 0 Å². The summed E-state index contributed by atoms with van der Waals surface area (Å²) in [5, 5.41) is 8.52. The van der Waals surface area contributed by atoms with Crippen LogP contribution >= 0.6 is 0 Å². The fourth-order valence-corrected chi connectivity index (χ4v) is 1.14. The molecule has 0 unspecified atom stereocenters. The number of rotatable bonds is 2.